The number of rotatable bonds is 6. The summed E-state index contributed by atoms with van der Waals surface area (Å²) in [5.41, 5.74) is 9.75. The Morgan fingerprint density at radius 2 is 1.21 bits per heavy atom. The van der Waals surface area contributed by atoms with Crippen LogP contribution in [0.2, 0.25) is 0 Å². The van der Waals surface area contributed by atoms with Crippen molar-refractivity contribution in [2.45, 2.75) is 12.8 Å². The molecule has 0 aliphatic heterocycles. The lowest BCUT2D eigenvalue weighted by molar-refractivity contribution is 0.669. The first-order chi connectivity index (χ1) is 25.8. The van der Waals surface area contributed by atoms with Crippen LogP contribution in [-0.4, -0.2) is 9.97 Å². The maximum Gasteiger partial charge on any atom is 0.161 e. The number of aromatic nitrogens is 2. The Kier molecular flexibility index (Phi) is 7.24. The van der Waals surface area contributed by atoms with Crippen molar-refractivity contribution in [2.24, 2.45) is 0 Å². The average molecular weight is 668 g/mol. The zero-order chi connectivity index (χ0) is 34.4. The highest BCUT2D eigenvalue weighted by molar-refractivity contribution is 6.25. The summed E-state index contributed by atoms with van der Waals surface area (Å²) in [5, 5.41) is 6.76. The summed E-state index contributed by atoms with van der Waals surface area (Å²) in [6.45, 7) is 0. The van der Waals surface area contributed by atoms with Crippen molar-refractivity contribution in [1.29, 1.82) is 0 Å². The van der Waals surface area contributed by atoms with Crippen LogP contribution in [0.4, 0.5) is 11.4 Å². The molecule has 1 aliphatic carbocycles. The quantitative estimate of drug-likeness (QED) is 0.177. The summed E-state index contributed by atoms with van der Waals surface area (Å²) >= 11 is 0. The number of anilines is 2. The summed E-state index contributed by atoms with van der Waals surface area (Å²) < 4.78 is 6.82. The highest BCUT2D eigenvalue weighted by atomic mass is 16.3. The Hall–Kier alpha value is -6.78. The van der Waals surface area contributed by atoms with Crippen molar-refractivity contribution >= 4 is 54.9 Å². The lowest BCUT2D eigenvalue weighted by Crippen LogP contribution is -2.16. The Morgan fingerprint density at radius 3 is 1.94 bits per heavy atom. The molecule has 4 heteroatoms. The molecule has 0 saturated heterocycles. The molecule has 52 heavy (non-hydrogen) atoms. The minimum Gasteiger partial charge on any atom is -0.456 e. The van der Waals surface area contributed by atoms with Gasteiger partial charge in [-0.3, -0.25) is 0 Å². The van der Waals surface area contributed by atoms with E-state index in [0.29, 0.717) is 5.82 Å². The molecule has 2 aromatic heterocycles. The smallest absolute Gasteiger partial charge is 0.161 e. The van der Waals surface area contributed by atoms with Gasteiger partial charge in [0.25, 0.3) is 0 Å². The van der Waals surface area contributed by atoms with Crippen LogP contribution < -0.4 is 4.90 Å². The number of allylic oxidation sites excluding steroid dienone is 3. The first-order valence-electron chi connectivity index (χ1n) is 17.8. The van der Waals surface area contributed by atoms with Crippen LogP contribution in [0.1, 0.15) is 12.8 Å². The van der Waals surface area contributed by atoms with Crippen LogP contribution in [0.3, 0.4) is 0 Å². The van der Waals surface area contributed by atoms with Gasteiger partial charge in [-0.1, -0.05) is 140 Å². The molecule has 0 radical (unpaired) electrons. The molecular formula is C48H33N3O. The molecule has 0 amide bonds. The van der Waals surface area contributed by atoms with E-state index in [1.165, 1.54) is 10.8 Å². The van der Waals surface area contributed by atoms with E-state index < -0.39 is 0 Å². The molecule has 0 N–H and O–H groups in total. The summed E-state index contributed by atoms with van der Waals surface area (Å²) in [6.07, 6.45) is 8.89. The Morgan fingerprint density at radius 1 is 0.519 bits per heavy atom. The van der Waals surface area contributed by atoms with Gasteiger partial charge in [-0.05, 0) is 59.3 Å². The average Bonchev–Trinajstić information content (AvgIpc) is 3.61. The molecule has 2 heterocycles. The maximum atomic E-state index is 6.82. The zero-order valence-corrected chi connectivity index (χ0v) is 28.4. The number of hydrogen-bond donors (Lipinski definition) is 0. The van der Waals surface area contributed by atoms with Gasteiger partial charge in [0.2, 0.25) is 0 Å². The summed E-state index contributed by atoms with van der Waals surface area (Å²) in [7, 11) is 0. The second-order valence-electron chi connectivity index (χ2n) is 13.3. The van der Waals surface area contributed by atoms with Crippen molar-refractivity contribution in [1.82, 2.24) is 9.97 Å². The minimum atomic E-state index is 0.664. The fourth-order valence-corrected chi connectivity index (χ4v) is 7.62. The molecule has 0 fully saturated rings. The third-order valence-electron chi connectivity index (χ3n) is 10.1. The van der Waals surface area contributed by atoms with E-state index in [1.807, 2.05) is 42.5 Å². The van der Waals surface area contributed by atoms with E-state index in [0.717, 1.165) is 90.7 Å². The van der Waals surface area contributed by atoms with Crippen molar-refractivity contribution in [2.75, 3.05) is 4.90 Å². The van der Waals surface area contributed by atoms with Gasteiger partial charge in [-0.25, -0.2) is 9.97 Å². The number of fused-ring (bicyclic) bond motifs is 6. The number of furan rings is 1. The molecule has 9 aromatic rings. The van der Waals surface area contributed by atoms with Crippen LogP contribution >= 0.6 is 0 Å². The lowest BCUT2D eigenvalue weighted by atomic mass is 9.97. The van der Waals surface area contributed by atoms with Gasteiger partial charge >= 0.3 is 0 Å². The standard InChI is InChI=1S/C48H33N3O/c1-4-16-33(17-5-1)41-30-42(34-18-6-2-7-19-34)50-48(49-41)40-25-14-26-44-47(40)46-39-24-13-12-23-38(39)43(31-45(46)52-44)51(36-21-8-3-9-22-36)37-28-27-32-15-10-11-20-35(32)29-37/h1-2,4-8,10-31H,3,9H2. The van der Waals surface area contributed by atoms with Gasteiger partial charge < -0.3 is 9.32 Å². The second-order valence-corrected chi connectivity index (χ2v) is 13.3. The van der Waals surface area contributed by atoms with Crippen molar-refractivity contribution in [3.63, 3.8) is 0 Å². The molecule has 4 nitrogen and oxygen atoms in total. The predicted octanol–water partition coefficient (Wildman–Crippen LogP) is 13.1. The minimum absolute atomic E-state index is 0.664. The fourth-order valence-electron chi connectivity index (χ4n) is 7.62. The SMILES string of the molecule is C1=CC(N(c2ccc3ccccc3c2)c2cc3oc4cccc(-c5nc(-c6ccccc6)cc(-c6ccccc6)n5)c4c3c3ccccc23)=CCC1. The molecule has 10 rings (SSSR count). The maximum absolute atomic E-state index is 6.82. The molecule has 0 spiro atoms. The topological polar surface area (TPSA) is 42.2 Å². The van der Waals surface area contributed by atoms with E-state index in [-0.39, 0.29) is 0 Å². The van der Waals surface area contributed by atoms with Crippen LogP contribution in [0.15, 0.2) is 186 Å². The molecule has 0 atom stereocenters. The van der Waals surface area contributed by atoms with Crippen LogP contribution in [0.25, 0.3) is 77.4 Å². The molecule has 7 aromatic carbocycles. The Bertz CT molecular complexity index is 2790. The number of hydrogen-bond acceptors (Lipinski definition) is 4. The first kappa shape index (κ1) is 30.1. The van der Waals surface area contributed by atoms with Gasteiger partial charge in [-0.2, -0.15) is 0 Å². The summed E-state index contributed by atoms with van der Waals surface area (Å²) in [4.78, 5) is 12.8. The molecule has 1 aliphatic rings. The van der Waals surface area contributed by atoms with E-state index in [1.54, 1.807) is 0 Å². The van der Waals surface area contributed by atoms with Gasteiger partial charge in [0.05, 0.1) is 17.1 Å². The normalized spacial score (nSPS) is 12.9. The van der Waals surface area contributed by atoms with Crippen molar-refractivity contribution in [3.05, 3.63) is 182 Å². The molecular weight excluding hydrogens is 635 g/mol. The predicted molar refractivity (Wildman–Crippen MR) is 216 cm³/mol. The van der Waals surface area contributed by atoms with Crippen molar-refractivity contribution in [3.8, 4) is 33.9 Å². The highest BCUT2D eigenvalue weighted by Gasteiger charge is 2.23. The third-order valence-corrected chi connectivity index (χ3v) is 10.1. The second kappa shape index (κ2) is 12.5. The number of benzene rings is 7. The molecule has 0 bridgehead atoms. The summed E-state index contributed by atoms with van der Waals surface area (Å²) in [5.74, 6) is 0.664. The Balaban J connectivity index is 1.23. The molecule has 246 valence electrons. The van der Waals surface area contributed by atoms with E-state index >= 15 is 0 Å². The van der Waals surface area contributed by atoms with Gasteiger partial charge in [0.15, 0.2) is 5.82 Å². The third kappa shape index (κ3) is 5.16. The number of nitrogens with zero attached hydrogens (tertiary/aromatic N) is 3. The van der Waals surface area contributed by atoms with Gasteiger partial charge in [0, 0.05) is 50.3 Å². The van der Waals surface area contributed by atoms with Crippen LogP contribution in [0.5, 0.6) is 0 Å². The monoisotopic (exact) mass is 667 g/mol. The highest BCUT2D eigenvalue weighted by Crippen LogP contribution is 2.46. The fraction of sp³-hybridized carbons (Fsp3) is 0.0417. The van der Waals surface area contributed by atoms with E-state index in [2.05, 4.69) is 138 Å². The Labute approximate surface area is 301 Å². The van der Waals surface area contributed by atoms with Crippen LogP contribution in [0, 0.1) is 0 Å². The van der Waals surface area contributed by atoms with Crippen LogP contribution in [-0.2, 0) is 0 Å². The molecule has 0 saturated carbocycles. The zero-order valence-electron chi connectivity index (χ0n) is 28.4. The van der Waals surface area contributed by atoms with Gasteiger partial charge in [0.1, 0.15) is 11.2 Å². The van der Waals surface area contributed by atoms with Gasteiger partial charge in [-0.15, -0.1) is 0 Å². The lowest BCUT2D eigenvalue weighted by Gasteiger charge is -2.29. The molecule has 0 unspecified atom stereocenters. The van der Waals surface area contributed by atoms with Crippen molar-refractivity contribution < 1.29 is 4.42 Å². The largest absolute Gasteiger partial charge is 0.456 e. The summed E-state index contributed by atoms with van der Waals surface area (Å²) in [6, 6.07) is 55.1. The first-order valence-corrected chi connectivity index (χ1v) is 17.8. The van der Waals surface area contributed by atoms with E-state index in [9.17, 15) is 0 Å². The van der Waals surface area contributed by atoms with E-state index in [4.69, 9.17) is 14.4 Å².